The number of rotatable bonds is 8. The molecular weight excluding hydrogens is 449 g/mol. The lowest BCUT2D eigenvalue weighted by molar-refractivity contribution is 0.351. The molecule has 0 aliphatic heterocycles. The van der Waals surface area contributed by atoms with Gasteiger partial charge in [0.25, 0.3) is 0 Å². The van der Waals surface area contributed by atoms with Crippen molar-refractivity contribution in [1.82, 2.24) is 19.7 Å². The third-order valence-corrected chi connectivity index (χ3v) is 5.58. The molecule has 33 heavy (non-hydrogen) atoms. The Balaban J connectivity index is 1.82. The fraction of sp³-hybridized carbons (Fsp3) is 0.143. The highest BCUT2D eigenvalue weighted by Crippen LogP contribution is 2.35. The molecule has 5 N–H and O–H groups in total. The monoisotopic (exact) mass is 469 g/mol. The van der Waals surface area contributed by atoms with E-state index in [0.29, 0.717) is 22.1 Å². The van der Waals surface area contributed by atoms with Crippen molar-refractivity contribution in [3.63, 3.8) is 0 Å². The summed E-state index contributed by atoms with van der Waals surface area (Å²) in [5.41, 5.74) is 6.30. The van der Waals surface area contributed by atoms with Crippen LogP contribution >= 0.6 is 11.3 Å². The molecule has 170 valence electrons. The average Bonchev–Trinajstić information content (AvgIpc) is 3.47. The van der Waals surface area contributed by atoms with E-state index >= 15 is 4.39 Å². The van der Waals surface area contributed by atoms with E-state index in [2.05, 4.69) is 20.4 Å². The van der Waals surface area contributed by atoms with Crippen LogP contribution in [0.25, 0.3) is 5.13 Å². The number of nitrogen functional groups attached to an aromatic ring is 1. The molecule has 0 spiro atoms. The van der Waals surface area contributed by atoms with Crippen molar-refractivity contribution in [2.75, 3.05) is 19.5 Å². The van der Waals surface area contributed by atoms with Gasteiger partial charge in [0.1, 0.15) is 17.7 Å². The molecular formula is C21H20FN7O3S. The topological polar surface area (TPSA) is 144 Å². The summed E-state index contributed by atoms with van der Waals surface area (Å²) in [6, 6.07) is 8.49. The number of methoxy groups -OCH3 is 2. The van der Waals surface area contributed by atoms with Gasteiger partial charge in [-0.2, -0.15) is 4.68 Å². The smallest absolute Gasteiger partial charge is 0.350 e. The highest BCUT2D eigenvalue weighted by atomic mass is 32.1. The van der Waals surface area contributed by atoms with Crippen LogP contribution in [-0.2, 0) is 0 Å². The number of hydrogen-bond donors (Lipinski definition) is 4. The van der Waals surface area contributed by atoms with Gasteiger partial charge in [0.15, 0.2) is 17.3 Å². The lowest BCUT2D eigenvalue weighted by atomic mass is 10.0. The van der Waals surface area contributed by atoms with Gasteiger partial charge < -0.3 is 20.5 Å². The second-order valence-corrected chi connectivity index (χ2v) is 7.71. The Labute approximate surface area is 191 Å². The molecule has 4 rings (SSSR count). The summed E-state index contributed by atoms with van der Waals surface area (Å²) in [7, 11) is 2.86. The molecule has 0 amide bonds. The molecule has 2 aromatic heterocycles. The van der Waals surface area contributed by atoms with Gasteiger partial charge in [0.05, 0.1) is 14.2 Å². The predicted molar refractivity (Wildman–Crippen MR) is 122 cm³/mol. The van der Waals surface area contributed by atoms with E-state index in [0.717, 1.165) is 4.68 Å². The first-order chi connectivity index (χ1) is 15.9. The molecule has 0 saturated carbocycles. The van der Waals surface area contributed by atoms with Gasteiger partial charge >= 0.3 is 5.69 Å². The molecule has 0 radical (unpaired) electrons. The Morgan fingerprint density at radius 2 is 1.94 bits per heavy atom. The third-order valence-electron chi connectivity index (χ3n) is 4.83. The number of nitrogens with one attached hydrogen (secondary N) is 3. The minimum atomic E-state index is -0.901. The molecule has 0 aliphatic rings. The van der Waals surface area contributed by atoms with E-state index in [1.165, 1.54) is 37.7 Å². The maximum absolute atomic E-state index is 15.2. The second-order valence-electron chi connectivity index (χ2n) is 6.84. The first-order valence-corrected chi connectivity index (χ1v) is 10.5. The van der Waals surface area contributed by atoms with Gasteiger partial charge in [-0.25, -0.2) is 14.2 Å². The van der Waals surface area contributed by atoms with Gasteiger partial charge in [0.2, 0.25) is 5.13 Å². The summed E-state index contributed by atoms with van der Waals surface area (Å²) in [6.07, 6.45) is 1.56. The van der Waals surface area contributed by atoms with E-state index in [1.807, 2.05) is 0 Å². The second kappa shape index (κ2) is 9.12. The fourth-order valence-electron chi connectivity index (χ4n) is 3.22. The zero-order valence-electron chi connectivity index (χ0n) is 17.6. The van der Waals surface area contributed by atoms with Crippen LogP contribution in [0.4, 0.5) is 10.1 Å². The van der Waals surface area contributed by atoms with Gasteiger partial charge in [-0.05, 0) is 30.3 Å². The van der Waals surface area contributed by atoms with Crippen molar-refractivity contribution in [2.24, 2.45) is 5.73 Å². The Hall–Kier alpha value is -4.19. The van der Waals surface area contributed by atoms with Crippen LogP contribution in [0.2, 0.25) is 0 Å². The lowest BCUT2D eigenvalue weighted by Gasteiger charge is -2.20. The van der Waals surface area contributed by atoms with Crippen LogP contribution in [-0.4, -0.2) is 39.8 Å². The SMILES string of the molecule is COc1cc(F)c(C(Nc2ccc(C(=N)N)cc2)c2nn(-c3nccs3)c(=O)[nH]2)cc1OC. The Bertz CT molecular complexity index is 1330. The van der Waals surface area contributed by atoms with Crippen LogP contribution in [0.3, 0.4) is 0 Å². The van der Waals surface area contributed by atoms with E-state index in [4.69, 9.17) is 20.6 Å². The molecule has 0 aliphatic carbocycles. The minimum Gasteiger partial charge on any atom is -0.493 e. The highest BCUT2D eigenvalue weighted by Gasteiger charge is 2.26. The number of aromatic amines is 1. The van der Waals surface area contributed by atoms with E-state index in [-0.39, 0.29) is 23.0 Å². The number of nitrogens with zero attached hydrogens (tertiary/aromatic N) is 3. The number of aromatic nitrogens is 4. The molecule has 10 nitrogen and oxygen atoms in total. The summed E-state index contributed by atoms with van der Waals surface area (Å²) in [6.45, 7) is 0. The highest BCUT2D eigenvalue weighted by molar-refractivity contribution is 7.12. The van der Waals surface area contributed by atoms with Crippen molar-refractivity contribution in [2.45, 2.75) is 6.04 Å². The van der Waals surface area contributed by atoms with Crippen molar-refractivity contribution < 1.29 is 13.9 Å². The lowest BCUT2D eigenvalue weighted by Crippen LogP contribution is -2.17. The normalized spacial score (nSPS) is 11.7. The number of hydrogen-bond acceptors (Lipinski definition) is 8. The standard InChI is InChI=1S/C21H20FN7O3S/c1-31-15-9-13(14(22)10-16(15)32-2)17(26-12-5-3-11(4-6-12)18(23)24)19-27-20(30)29(28-19)21-25-7-8-33-21/h3-10,17,26H,1-2H3,(H3,23,24)(H,27,28,30). The van der Waals surface area contributed by atoms with Gasteiger partial charge in [-0.3, -0.25) is 10.4 Å². The van der Waals surface area contributed by atoms with E-state index < -0.39 is 17.5 Å². The Morgan fingerprint density at radius 1 is 1.24 bits per heavy atom. The molecule has 4 aromatic rings. The summed E-state index contributed by atoms with van der Waals surface area (Å²) < 4.78 is 26.8. The van der Waals surface area contributed by atoms with Crippen LogP contribution in [0, 0.1) is 11.2 Å². The Morgan fingerprint density at radius 3 is 2.55 bits per heavy atom. The van der Waals surface area contributed by atoms with Crippen molar-refractivity contribution >= 4 is 22.9 Å². The molecule has 0 bridgehead atoms. The van der Waals surface area contributed by atoms with Gasteiger partial charge in [-0.15, -0.1) is 16.4 Å². The molecule has 0 fully saturated rings. The molecule has 1 atom stereocenters. The number of amidine groups is 1. The molecule has 2 heterocycles. The van der Waals surface area contributed by atoms with Crippen LogP contribution in [0.5, 0.6) is 11.5 Å². The first kappa shape index (κ1) is 22.0. The average molecular weight is 470 g/mol. The summed E-state index contributed by atoms with van der Waals surface area (Å²) in [5, 5.41) is 17.2. The fourth-order valence-corrected chi connectivity index (χ4v) is 3.81. The predicted octanol–water partition coefficient (Wildman–Crippen LogP) is 2.66. The number of thiazole rings is 1. The van der Waals surface area contributed by atoms with Crippen molar-refractivity contribution in [3.05, 3.63) is 81.2 Å². The number of benzene rings is 2. The largest absolute Gasteiger partial charge is 0.493 e. The number of halogens is 1. The van der Waals surface area contributed by atoms with Crippen LogP contribution in [0.1, 0.15) is 23.0 Å². The number of nitrogens with two attached hydrogens (primary N) is 1. The molecule has 0 saturated heterocycles. The maximum atomic E-state index is 15.2. The third kappa shape index (κ3) is 4.41. The van der Waals surface area contributed by atoms with Crippen molar-refractivity contribution in [1.29, 1.82) is 5.41 Å². The summed E-state index contributed by atoms with van der Waals surface area (Å²) >= 11 is 1.24. The molecule has 12 heteroatoms. The first-order valence-electron chi connectivity index (χ1n) is 9.62. The summed E-state index contributed by atoms with van der Waals surface area (Å²) in [4.78, 5) is 19.4. The van der Waals surface area contributed by atoms with Crippen molar-refractivity contribution in [3.8, 4) is 16.6 Å². The Kier molecular flexibility index (Phi) is 6.09. The zero-order chi connectivity index (χ0) is 23.5. The van der Waals surface area contributed by atoms with Gasteiger partial charge in [-0.1, -0.05) is 0 Å². The van der Waals surface area contributed by atoms with Crippen LogP contribution < -0.4 is 26.2 Å². The van der Waals surface area contributed by atoms with E-state index in [9.17, 15) is 4.79 Å². The number of H-pyrrole nitrogens is 1. The molecule has 1 unspecified atom stereocenters. The maximum Gasteiger partial charge on any atom is 0.350 e. The number of ether oxygens (including phenoxy) is 2. The minimum absolute atomic E-state index is 0.0736. The van der Waals surface area contributed by atoms with E-state index in [1.54, 1.807) is 35.8 Å². The quantitative estimate of drug-likeness (QED) is 0.229. The summed E-state index contributed by atoms with van der Waals surface area (Å²) in [5.74, 6) is 0.0436. The van der Waals surface area contributed by atoms with Crippen LogP contribution in [0.15, 0.2) is 52.8 Å². The zero-order valence-corrected chi connectivity index (χ0v) is 18.4. The number of anilines is 1. The molecule has 2 aromatic carbocycles. The van der Waals surface area contributed by atoms with Gasteiger partial charge in [0, 0.05) is 34.5 Å².